The first-order chi connectivity index (χ1) is 8.36. The van der Waals surface area contributed by atoms with Gasteiger partial charge in [-0.25, -0.2) is 4.98 Å². The third-order valence-corrected chi connectivity index (χ3v) is 2.96. The topological polar surface area (TPSA) is 60.4 Å². The van der Waals surface area contributed by atoms with Crippen molar-refractivity contribution in [2.75, 3.05) is 0 Å². The number of hydrogen-bond acceptors (Lipinski definition) is 3. The van der Waals surface area contributed by atoms with Crippen molar-refractivity contribution in [2.45, 2.75) is 12.7 Å². The first kappa shape index (κ1) is 13.0. The fraction of sp³-hybridized carbons (Fsp3) is 0.200. The Morgan fingerprint density at radius 3 is 2.67 bits per heavy atom. The van der Waals surface area contributed by atoms with Crippen LogP contribution in [0.25, 0.3) is 5.52 Å². The second-order valence-corrected chi connectivity index (χ2v) is 4.29. The summed E-state index contributed by atoms with van der Waals surface area (Å²) in [5, 5.41) is 0. The molecular formula is C10H7BrF3N3O. The number of carbonyl (C=O) groups is 1. The van der Waals surface area contributed by atoms with Gasteiger partial charge in [-0.2, -0.15) is 13.2 Å². The second kappa shape index (κ2) is 4.36. The number of nitrogens with zero attached hydrogens (tertiary/aromatic N) is 2. The maximum absolute atomic E-state index is 12.4. The average molecular weight is 322 g/mol. The van der Waals surface area contributed by atoms with Gasteiger partial charge in [0.05, 0.1) is 16.7 Å². The van der Waals surface area contributed by atoms with E-state index in [1.807, 2.05) is 0 Å². The van der Waals surface area contributed by atoms with Gasteiger partial charge in [0.1, 0.15) is 11.5 Å². The summed E-state index contributed by atoms with van der Waals surface area (Å²) in [5.41, 5.74) is 4.85. The summed E-state index contributed by atoms with van der Waals surface area (Å²) in [6.45, 7) is -0.0745. The molecule has 0 saturated carbocycles. The highest BCUT2D eigenvalue weighted by Gasteiger charge is 2.42. The van der Waals surface area contributed by atoms with E-state index in [2.05, 4.69) is 20.9 Å². The van der Waals surface area contributed by atoms with Crippen molar-refractivity contribution in [3.05, 3.63) is 34.3 Å². The Balaban J connectivity index is 2.74. The van der Waals surface area contributed by atoms with Crippen LogP contribution in [-0.4, -0.2) is 21.3 Å². The van der Waals surface area contributed by atoms with E-state index in [1.54, 1.807) is 6.07 Å². The smallest absolute Gasteiger partial charge is 0.324 e. The lowest BCUT2D eigenvalue weighted by atomic mass is 10.2. The fourth-order valence-electron chi connectivity index (χ4n) is 1.60. The first-order valence-electron chi connectivity index (χ1n) is 4.83. The number of pyridine rings is 1. The predicted molar refractivity (Wildman–Crippen MR) is 61.2 cm³/mol. The van der Waals surface area contributed by atoms with Crippen LogP contribution in [0.2, 0.25) is 0 Å². The molecular weight excluding hydrogens is 315 g/mol. The number of imidazole rings is 1. The summed E-state index contributed by atoms with van der Waals surface area (Å²) in [6.07, 6.45) is -4.96. The van der Waals surface area contributed by atoms with Crippen LogP contribution in [0.4, 0.5) is 13.2 Å². The zero-order valence-corrected chi connectivity index (χ0v) is 10.4. The molecule has 0 atom stereocenters. The molecule has 2 N–H and O–H groups in total. The molecule has 0 spiro atoms. The highest BCUT2D eigenvalue weighted by Crippen LogP contribution is 2.26. The van der Waals surface area contributed by atoms with Crippen molar-refractivity contribution in [1.29, 1.82) is 0 Å². The summed E-state index contributed by atoms with van der Waals surface area (Å²) >= 11 is 3.18. The minimum absolute atomic E-state index is 0.0745. The molecule has 2 rings (SSSR count). The number of carbonyl (C=O) groups excluding carboxylic acids is 1. The molecule has 0 aliphatic rings. The Hall–Kier alpha value is -1.41. The van der Waals surface area contributed by atoms with Gasteiger partial charge < -0.3 is 5.73 Å². The van der Waals surface area contributed by atoms with Crippen molar-refractivity contribution in [3.63, 3.8) is 0 Å². The van der Waals surface area contributed by atoms with E-state index in [4.69, 9.17) is 5.73 Å². The van der Waals surface area contributed by atoms with Crippen molar-refractivity contribution < 1.29 is 18.0 Å². The largest absolute Gasteiger partial charge is 0.456 e. The standard InChI is InChI=1S/C10H7BrF3N3O/c11-6-3-1-2-5-8(9(18)10(12,13)14)16-7(4-15)17(5)6/h1-3H,4,15H2. The SMILES string of the molecule is NCc1nc(C(=O)C(F)(F)F)c2cccc(Br)n12. The van der Waals surface area contributed by atoms with Crippen LogP contribution in [0.3, 0.4) is 0 Å². The van der Waals surface area contributed by atoms with E-state index >= 15 is 0 Å². The van der Waals surface area contributed by atoms with Gasteiger partial charge in [0.25, 0.3) is 5.78 Å². The second-order valence-electron chi connectivity index (χ2n) is 3.48. The summed E-state index contributed by atoms with van der Waals surface area (Å²) in [4.78, 5) is 14.9. The normalized spacial score (nSPS) is 12.1. The summed E-state index contributed by atoms with van der Waals surface area (Å²) in [5.74, 6) is -1.79. The molecule has 0 amide bonds. The van der Waals surface area contributed by atoms with Crippen LogP contribution in [0.1, 0.15) is 16.3 Å². The number of nitrogens with two attached hydrogens (primary N) is 1. The molecule has 0 aromatic carbocycles. The number of aromatic nitrogens is 2. The Bertz CT molecular complexity index is 621. The third kappa shape index (κ3) is 2.01. The van der Waals surface area contributed by atoms with Crippen molar-refractivity contribution in [2.24, 2.45) is 5.73 Å². The minimum Gasteiger partial charge on any atom is -0.324 e. The van der Waals surface area contributed by atoms with Crippen LogP contribution < -0.4 is 5.73 Å². The molecule has 4 nitrogen and oxygen atoms in total. The van der Waals surface area contributed by atoms with Crippen LogP contribution >= 0.6 is 15.9 Å². The molecule has 0 radical (unpaired) electrons. The number of halogens is 4. The summed E-state index contributed by atoms with van der Waals surface area (Å²) in [7, 11) is 0. The maximum atomic E-state index is 12.4. The van der Waals surface area contributed by atoms with Gasteiger partial charge in [-0.3, -0.25) is 9.20 Å². The monoisotopic (exact) mass is 321 g/mol. The van der Waals surface area contributed by atoms with E-state index in [1.165, 1.54) is 16.5 Å². The Kier molecular flexibility index (Phi) is 3.16. The van der Waals surface area contributed by atoms with Gasteiger partial charge in [0.15, 0.2) is 0 Å². The first-order valence-corrected chi connectivity index (χ1v) is 5.63. The molecule has 96 valence electrons. The van der Waals surface area contributed by atoms with Gasteiger partial charge in [-0.15, -0.1) is 0 Å². The Labute approximate surface area is 108 Å². The van der Waals surface area contributed by atoms with E-state index in [9.17, 15) is 18.0 Å². The predicted octanol–water partition coefficient (Wildman–Crippen LogP) is 2.30. The lowest BCUT2D eigenvalue weighted by Gasteiger charge is -2.03. The van der Waals surface area contributed by atoms with E-state index in [-0.39, 0.29) is 17.9 Å². The van der Waals surface area contributed by atoms with Crippen LogP contribution in [-0.2, 0) is 6.54 Å². The lowest BCUT2D eigenvalue weighted by molar-refractivity contribution is -0.0887. The van der Waals surface area contributed by atoms with Crippen molar-refractivity contribution in [1.82, 2.24) is 9.38 Å². The Morgan fingerprint density at radius 1 is 1.44 bits per heavy atom. The lowest BCUT2D eigenvalue weighted by Crippen LogP contribution is -2.23. The molecule has 0 aliphatic heterocycles. The zero-order chi connectivity index (χ0) is 13.5. The maximum Gasteiger partial charge on any atom is 0.456 e. The van der Waals surface area contributed by atoms with E-state index in [0.29, 0.717) is 4.60 Å². The van der Waals surface area contributed by atoms with Gasteiger partial charge in [-0.1, -0.05) is 6.07 Å². The number of ketones is 1. The minimum atomic E-state index is -4.96. The van der Waals surface area contributed by atoms with Gasteiger partial charge in [0.2, 0.25) is 0 Å². The zero-order valence-electron chi connectivity index (χ0n) is 8.83. The third-order valence-electron chi connectivity index (χ3n) is 2.34. The van der Waals surface area contributed by atoms with Gasteiger partial charge >= 0.3 is 6.18 Å². The molecule has 8 heteroatoms. The fourth-order valence-corrected chi connectivity index (χ4v) is 2.15. The van der Waals surface area contributed by atoms with Gasteiger partial charge in [-0.05, 0) is 28.1 Å². The molecule has 18 heavy (non-hydrogen) atoms. The Morgan fingerprint density at radius 2 is 2.11 bits per heavy atom. The number of rotatable bonds is 2. The summed E-state index contributed by atoms with van der Waals surface area (Å²) < 4.78 is 39.2. The average Bonchev–Trinajstić information content (AvgIpc) is 2.67. The summed E-state index contributed by atoms with van der Waals surface area (Å²) in [6, 6.07) is 4.53. The highest BCUT2D eigenvalue weighted by atomic mass is 79.9. The molecule has 0 fully saturated rings. The molecule has 2 aromatic heterocycles. The molecule has 2 aromatic rings. The van der Waals surface area contributed by atoms with Crippen LogP contribution in [0, 0.1) is 0 Å². The molecule has 0 aliphatic carbocycles. The van der Waals surface area contributed by atoms with E-state index < -0.39 is 17.7 Å². The van der Waals surface area contributed by atoms with Crippen molar-refractivity contribution >= 4 is 27.2 Å². The van der Waals surface area contributed by atoms with Gasteiger partial charge in [0, 0.05) is 0 Å². The number of hydrogen-bond donors (Lipinski definition) is 1. The molecule has 2 heterocycles. The number of fused-ring (bicyclic) bond motifs is 1. The number of Topliss-reactive ketones (excluding diaryl/α,β-unsaturated/α-hetero) is 1. The van der Waals surface area contributed by atoms with Crippen molar-refractivity contribution in [3.8, 4) is 0 Å². The molecule has 0 saturated heterocycles. The van der Waals surface area contributed by atoms with E-state index in [0.717, 1.165) is 0 Å². The van der Waals surface area contributed by atoms with Crippen LogP contribution in [0.15, 0.2) is 22.8 Å². The molecule has 0 unspecified atom stereocenters. The number of alkyl halides is 3. The van der Waals surface area contributed by atoms with Crippen LogP contribution in [0.5, 0.6) is 0 Å². The highest BCUT2D eigenvalue weighted by molar-refractivity contribution is 9.10. The molecule has 0 bridgehead atoms. The quantitative estimate of drug-likeness (QED) is 0.682.